The number of rotatable bonds is 3. The Kier molecular flexibility index (Phi) is 2.81. The van der Waals surface area contributed by atoms with Crippen LogP contribution in [0, 0.1) is 0 Å². The molecule has 1 unspecified atom stereocenters. The van der Waals surface area contributed by atoms with Crippen LogP contribution in [0.4, 0.5) is 5.69 Å². The summed E-state index contributed by atoms with van der Waals surface area (Å²) >= 11 is 0. The molecule has 2 N–H and O–H groups in total. The van der Waals surface area contributed by atoms with Crippen LogP contribution in [-0.4, -0.2) is 16.8 Å². The van der Waals surface area contributed by atoms with Crippen LogP contribution >= 0.6 is 0 Å². The number of nitrogens with one attached hydrogen (secondary N) is 2. The molecule has 1 aromatic heterocycles. The Bertz CT molecular complexity index is 794. The van der Waals surface area contributed by atoms with Gasteiger partial charge in [-0.2, -0.15) is 5.10 Å². The van der Waals surface area contributed by atoms with Crippen LogP contribution in [0.25, 0.3) is 10.9 Å². The summed E-state index contributed by atoms with van der Waals surface area (Å²) < 4.78 is 5.57. The second-order valence-electron chi connectivity index (χ2n) is 5.47. The Labute approximate surface area is 123 Å². The lowest BCUT2D eigenvalue weighted by Gasteiger charge is -2.17. The molecule has 4 heteroatoms. The third kappa shape index (κ3) is 2.13. The van der Waals surface area contributed by atoms with E-state index in [1.54, 1.807) is 0 Å². The lowest BCUT2D eigenvalue weighted by molar-refractivity contribution is 0.357. The van der Waals surface area contributed by atoms with Gasteiger partial charge in [0.2, 0.25) is 0 Å². The van der Waals surface area contributed by atoms with E-state index in [1.807, 2.05) is 12.3 Å². The third-order valence-electron chi connectivity index (χ3n) is 4.06. The molecule has 2 aromatic carbocycles. The van der Waals surface area contributed by atoms with E-state index in [2.05, 4.69) is 52.8 Å². The van der Waals surface area contributed by atoms with Crippen LogP contribution in [0.2, 0.25) is 0 Å². The van der Waals surface area contributed by atoms with Crippen molar-refractivity contribution in [1.82, 2.24) is 10.2 Å². The summed E-state index contributed by atoms with van der Waals surface area (Å²) in [6.07, 6.45) is 2.85. The second kappa shape index (κ2) is 4.81. The Hall–Kier alpha value is -2.49. The summed E-state index contributed by atoms with van der Waals surface area (Å²) in [4.78, 5) is 0. The number of H-pyrrole nitrogens is 1. The second-order valence-corrected chi connectivity index (χ2v) is 5.47. The average Bonchev–Trinajstić information content (AvgIpc) is 3.15. The highest BCUT2D eigenvalue weighted by Crippen LogP contribution is 2.30. The first-order chi connectivity index (χ1) is 10.3. The van der Waals surface area contributed by atoms with Gasteiger partial charge in [-0.1, -0.05) is 18.2 Å². The van der Waals surface area contributed by atoms with Gasteiger partial charge in [-0.3, -0.25) is 5.10 Å². The quantitative estimate of drug-likeness (QED) is 0.769. The average molecular weight is 279 g/mol. The molecule has 106 valence electrons. The van der Waals surface area contributed by atoms with Crippen LogP contribution in [-0.2, 0) is 6.42 Å². The Morgan fingerprint density at radius 2 is 2.24 bits per heavy atom. The summed E-state index contributed by atoms with van der Waals surface area (Å²) in [5, 5.41) is 11.8. The molecule has 0 fully saturated rings. The van der Waals surface area contributed by atoms with Crippen molar-refractivity contribution in [3.63, 3.8) is 0 Å². The zero-order valence-electron chi connectivity index (χ0n) is 11.9. The minimum Gasteiger partial charge on any atom is -0.493 e. The number of hydrogen-bond acceptors (Lipinski definition) is 3. The maximum absolute atomic E-state index is 5.57. The van der Waals surface area contributed by atoms with Crippen molar-refractivity contribution in [1.29, 1.82) is 0 Å². The van der Waals surface area contributed by atoms with Crippen molar-refractivity contribution in [2.45, 2.75) is 19.4 Å². The number of nitrogens with zero attached hydrogens (tertiary/aromatic N) is 1. The van der Waals surface area contributed by atoms with E-state index in [1.165, 1.54) is 11.1 Å². The van der Waals surface area contributed by atoms with Crippen molar-refractivity contribution in [2.75, 3.05) is 11.9 Å². The van der Waals surface area contributed by atoms with Crippen LogP contribution in [0.15, 0.2) is 42.6 Å². The number of benzene rings is 2. The molecule has 21 heavy (non-hydrogen) atoms. The van der Waals surface area contributed by atoms with E-state index in [0.717, 1.165) is 35.4 Å². The topological polar surface area (TPSA) is 49.9 Å². The molecular weight excluding hydrogens is 262 g/mol. The highest BCUT2D eigenvalue weighted by molar-refractivity contribution is 5.90. The van der Waals surface area contributed by atoms with Gasteiger partial charge in [0.25, 0.3) is 0 Å². The number of fused-ring (bicyclic) bond motifs is 2. The van der Waals surface area contributed by atoms with Gasteiger partial charge >= 0.3 is 0 Å². The molecular formula is C17H17N3O. The molecule has 2 heterocycles. The van der Waals surface area contributed by atoms with E-state index in [9.17, 15) is 0 Å². The summed E-state index contributed by atoms with van der Waals surface area (Å²) in [7, 11) is 0. The molecule has 1 atom stereocenters. The van der Waals surface area contributed by atoms with E-state index in [-0.39, 0.29) is 6.04 Å². The van der Waals surface area contributed by atoms with Gasteiger partial charge in [-0.05, 0) is 36.2 Å². The van der Waals surface area contributed by atoms with Crippen molar-refractivity contribution in [3.8, 4) is 5.75 Å². The van der Waals surface area contributed by atoms with E-state index < -0.39 is 0 Å². The van der Waals surface area contributed by atoms with Crippen molar-refractivity contribution < 1.29 is 4.74 Å². The number of ether oxygens (including phenoxy) is 1. The highest BCUT2D eigenvalue weighted by atomic mass is 16.5. The van der Waals surface area contributed by atoms with Gasteiger partial charge in [0.15, 0.2) is 0 Å². The fourth-order valence-electron chi connectivity index (χ4n) is 2.88. The van der Waals surface area contributed by atoms with Gasteiger partial charge in [0.1, 0.15) is 5.75 Å². The van der Waals surface area contributed by atoms with Crippen LogP contribution in [0.5, 0.6) is 5.75 Å². The predicted octanol–water partition coefficient (Wildman–Crippen LogP) is 3.67. The van der Waals surface area contributed by atoms with Crippen molar-refractivity contribution in [2.24, 2.45) is 0 Å². The molecule has 0 saturated carbocycles. The summed E-state index contributed by atoms with van der Waals surface area (Å²) in [6.45, 7) is 2.97. The largest absolute Gasteiger partial charge is 0.493 e. The number of aromatic nitrogens is 2. The Morgan fingerprint density at radius 1 is 1.29 bits per heavy atom. The third-order valence-corrected chi connectivity index (χ3v) is 4.06. The van der Waals surface area contributed by atoms with Crippen molar-refractivity contribution in [3.05, 3.63) is 53.7 Å². The first-order valence-electron chi connectivity index (χ1n) is 7.25. The Morgan fingerprint density at radius 3 is 3.19 bits per heavy atom. The summed E-state index contributed by atoms with van der Waals surface area (Å²) in [5.74, 6) is 1.03. The molecule has 1 aliphatic heterocycles. The molecule has 0 radical (unpaired) electrons. The maximum Gasteiger partial charge on any atom is 0.122 e. The van der Waals surface area contributed by atoms with Crippen molar-refractivity contribution >= 4 is 16.6 Å². The summed E-state index contributed by atoms with van der Waals surface area (Å²) in [5.41, 5.74) is 4.71. The van der Waals surface area contributed by atoms with Gasteiger partial charge in [0, 0.05) is 17.8 Å². The molecule has 3 aromatic rings. The van der Waals surface area contributed by atoms with E-state index >= 15 is 0 Å². The van der Waals surface area contributed by atoms with E-state index in [4.69, 9.17) is 4.74 Å². The highest BCUT2D eigenvalue weighted by Gasteiger charge is 2.15. The van der Waals surface area contributed by atoms with Crippen LogP contribution in [0.3, 0.4) is 0 Å². The van der Waals surface area contributed by atoms with Crippen LogP contribution in [0.1, 0.15) is 24.1 Å². The number of anilines is 1. The minimum atomic E-state index is 0.227. The zero-order valence-corrected chi connectivity index (χ0v) is 11.9. The fourth-order valence-corrected chi connectivity index (χ4v) is 2.88. The molecule has 0 spiro atoms. The van der Waals surface area contributed by atoms with Gasteiger partial charge in [0.05, 0.1) is 24.0 Å². The molecule has 4 nitrogen and oxygen atoms in total. The maximum atomic E-state index is 5.57. The molecule has 1 aliphatic rings. The predicted molar refractivity (Wildman–Crippen MR) is 83.8 cm³/mol. The lowest BCUT2D eigenvalue weighted by atomic mass is 10.0. The normalized spacial score (nSPS) is 14.7. The minimum absolute atomic E-state index is 0.227. The standard InChI is InChI=1S/C17H17N3O/c1-11(12-5-6-16-13(9-12)7-8-21-16)19-15-4-2-3-14-10-18-20-17(14)15/h2-6,9-11,19H,7-8H2,1H3,(H,18,20). The first kappa shape index (κ1) is 12.3. The fraction of sp³-hybridized carbons (Fsp3) is 0.235. The zero-order chi connectivity index (χ0) is 14.2. The lowest BCUT2D eigenvalue weighted by Crippen LogP contribution is -2.07. The summed E-state index contributed by atoms with van der Waals surface area (Å²) in [6, 6.07) is 12.9. The van der Waals surface area contributed by atoms with Gasteiger partial charge in [-0.25, -0.2) is 0 Å². The number of hydrogen-bond donors (Lipinski definition) is 2. The van der Waals surface area contributed by atoms with Gasteiger partial charge in [-0.15, -0.1) is 0 Å². The molecule has 4 rings (SSSR count). The SMILES string of the molecule is CC(Nc1cccc2cn[nH]c12)c1ccc2c(c1)CCO2. The molecule has 0 saturated heterocycles. The molecule has 0 aliphatic carbocycles. The first-order valence-corrected chi connectivity index (χ1v) is 7.25. The Balaban J connectivity index is 1.63. The monoisotopic (exact) mass is 279 g/mol. The van der Waals surface area contributed by atoms with E-state index in [0.29, 0.717) is 0 Å². The van der Waals surface area contributed by atoms with Crippen LogP contribution < -0.4 is 10.1 Å². The van der Waals surface area contributed by atoms with Gasteiger partial charge < -0.3 is 10.1 Å². The smallest absolute Gasteiger partial charge is 0.122 e. The molecule has 0 amide bonds. The number of aromatic amines is 1. The number of para-hydroxylation sites is 1. The molecule has 0 bridgehead atoms.